The molecule has 0 saturated carbocycles. The molecule has 0 bridgehead atoms. The van der Waals surface area contributed by atoms with Crippen molar-refractivity contribution in [1.82, 2.24) is 0 Å². The van der Waals surface area contributed by atoms with Gasteiger partial charge < -0.3 is 19.5 Å². The Kier molecular flexibility index (Phi) is 5.42. The molecule has 0 aromatic heterocycles. The van der Waals surface area contributed by atoms with Crippen LogP contribution in [0.25, 0.3) is 0 Å². The van der Waals surface area contributed by atoms with Gasteiger partial charge in [-0.2, -0.15) is 0 Å². The molecule has 0 aliphatic heterocycles. The highest BCUT2D eigenvalue weighted by Gasteiger charge is 2.14. The van der Waals surface area contributed by atoms with E-state index in [1.54, 1.807) is 36.4 Å². The van der Waals surface area contributed by atoms with Gasteiger partial charge in [0.2, 0.25) is 0 Å². The molecule has 2 aromatic rings. The highest BCUT2D eigenvalue weighted by atomic mass is 16.5. The molecule has 2 aromatic carbocycles. The summed E-state index contributed by atoms with van der Waals surface area (Å²) in [5.74, 6) is 0.402. The number of ether oxygens (including phenoxy) is 3. The molecular formula is C18H19NO5. The first-order valence-electron chi connectivity index (χ1n) is 7.22. The summed E-state index contributed by atoms with van der Waals surface area (Å²) in [6, 6.07) is 9.72. The quantitative estimate of drug-likeness (QED) is 0.854. The summed E-state index contributed by atoms with van der Waals surface area (Å²) < 4.78 is 15.2. The van der Waals surface area contributed by atoms with E-state index in [1.165, 1.54) is 21.3 Å². The van der Waals surface area contributed by atoms with Crippen molar-refractivity contribution < 1.29 is 23.8 Å². The van der Waals surface area contributed by atoms with Crippen LogP contribution in [0.5, 0.6) is 11.5 Å². The summed E-state index contributed by atoms with van der Waals surface area (Å²) in [4.78, 5) is 23.8. The summed E-state index contributed by atoms with van der Waals surface area (Å²) in [7, 11) is 4.39. The zero-order valence-electron chi connectivity index (χ0n) is 14.0. The van der Waals surface area contributed by atoms with Crippen LogP contribution in [0.4, 0.5) is 5.69 Å². The van der Waals surface area contributed by atoms with Crippen molar-refractivity contribution in [3.63, 3.8) is 0 Å². The molecule has 24 heavy (non-hydrogen) atoms. The van der Waals surface area contributed by atoms with E-state index in [0.717, 1.165) is 5.56 Å². The van der Waals surface area contributed by atoms with Crippen molar-refractivity contribution in [2.75, 3.05) is 26.6 Å². The molecule has 6 heteroatoms. The third kappa shape index (κ3) is 3.65. The zero-order valence-corrected chi connectivity index (χ0v) is 14.0. The number of benzene rings is 2. The van der Waals surface area contributed by atoms with Crippen LogP contribution in [-0.2, 0) is 4.74 Å². The van der Waals surface area contributed by atoms with Crippen LogP contribution < -0.4 is 14.8 Å². The lowest BCUT2D eigenvalue weighted by atomic mass is 10.1. The highest BCUT2D eigenvalue weighted by molar-refractivity contribution is 6.05. The number of hydrogen-bond donors (Lipinski definition) is 1. The van der Waals surface area contributed by atoms with Crippen LogP contribution in [0.1, 0.15) is 26.3 Å². The number of hydrogen-bond acceptors (Lipinski definition) is 5. The van der Waals surface area contributed by atoms with Crippen molar-refractivity contribution in [2.45, 2.75) is 6.92 Å². The maximum absolute atomic E-state index is 12.4. The van der Waals surface area contributed by atoms with E-state index < -0.39 is 5.97 Å². The largest absolute Gasteiger partial charge is 0.496 e. The highest BCUT2D eigenvalue weighted by Crippen LogP contribution is 2.29. The number of anilines is 1. The summed E-state index contributed by atoms with van der Waals surface area (Å²) in [6.45, 7) is 1.85. The van der Waals surface area contributed by atoms with Crippen molar-refractivity contribution in [1.29, 1.82) is 0 Å². The molecule has 6 nitrogen and oxygen atoms in total. The second-order valence-electron chi connectivity index (χ2n) is 5.03. The molecule has 2 rings (SSSR count). The fourth-order valence-electron chi connectivity index (χ4n) is 2.23. The number of carbonyl (C=O) groups is 2. The fourth-order valence-corrected chi connectivity index (χ4v) is 2.23. The third-order valence-corrected chi connectivity index (χ3v) is 3.58. The first-order valence-corrected chi connectivity index (χ1v) is 7.22. The lowest BCUT2D eigenvalue weighted by Gasteiger charge is -2.13. The number of amides is 1. The Hall–Kier alpha value is -3.02. The average molecular weight is 329 g/mol. The van der Waals surface area contributed by atoms with Crippen molar-refractivity contribution in [3.05, 3.63) is 53.1 Å². The van der Waals surface area contributed by atoms with Gasteiger partial charge in [0, 0.05) is 16.8 Å². The minimum Gasteiger partial charge on any atom is -0.496 e. The first-order chi connectivity index (χ1) is 11.5. The van der Waals surface area contributed by atoms with E-state index in [0.29, 0.717) is 28.3 Å². The standard InChI is InChI=1S/C18H19NO5/c1-11-15(22-2)9-13(10-16(11)23-3)17(20)19-14-7-5-12(6-8-14)18(21)24-4/h5-10H,1-4H3,(H,19,20). The molecule has 0 radical (unpaired) electrons. The molecule has 0 heterocycles. The molecule has 0 spiro atoms. The summed E-state index contributed by atoms with van der Waals surface area (Å²) in [5, 5.41) is 2.76. The van der Waals surface area contributed by atoms with Crippen LogP contribution in [0.15, 0.2) is 36.4 Å². The van der Waals surface area contributed by atoms with Crippen LogP contribution in [0.3, 0.4) is 0 Å². The second-order valence-corrected chi connectivity index (χ2v) is 5.03. The Morgan fingerprint density at radius 3 is 1.88 bits per heavy atom. The van der Waals surface area contributed by atoms with Gasteiger partial charge in [0.15, 0.2) is 0 Å². The Morgan fingerprint density at radius 1 is 0.875 bits per heavy atom. The molecule has 0 aliphatic rings. The summed E-state index contributed by atoms with van der Waals surface area (Å²) >= 11 is 0. The number of esters is 1. The average Bonchev–Trinajstić information content (AvgIpc) is 2.61. The van der Waals surface area contributed by atoms with E-state index in [-0.39, 0.29) is 5.91 Å². The van der Waals surface area contributed by atoms with Gasteiger partial charge in [-0.05, 0) is 43.3 Å². The van der Waals surface area contributed by atoms with E-state index in [2.05, 4.69) is 10.1 Å². The minimum absolute atomic E-state index is 0.308. The zero-order chi connectivity index (χ0) is 17.7. The molecule has 1 N–H and O–H groups in total. The van der Waals surface area contributed by atoms with Gasteiger partial charge in [-0.25, -0.2) is 4.79 Å². The van der Waals surface area contributed by atoms with Gasteiger partial charge in [-0.15, -0.1) is 0 Å². The SMILES string of the molecule is COC(=O)c1ccc(NC(=O)c2cc(OC)c(C)c(OC)c2)cc1. The van der Waals surface area contributed by atoms with Gasteiger partial charge in [0.05, 0.1) is 26.9 Å². The number of methoxy groups -OCH3 is 3. The maximum atomic E-state index is 12.4. The van der Waals surface area contributed by atoms with Crippen LogP contribution in [0.2, 0.25) is 0 Å². The first kappa shape index (κ1) is 17.3. The monoisotopic (exact) mass is 329 g/mol. The second kappa shape index (κ2) is 7.50. The Morgan fingerprint density at radius 2 is 1.42 bits per heavy atom. The van der Waals surface area contributed by atoms with E-state index >= 15 is 0 Å². The fraction of sp³-hybridized carbons (Fsp3) is 0.222. The predicted molar refractivity (Wildman–Crippen MR) is 90.0 cm³/mol. The lowest BCUT2D eigenvalue weighted by Crippen LogP contribution is -2.13. The van der Waals surface area contributed by atoms with E-state index in [9.17, 15) is 9.59 Å². The lowest BCUT2D eigenvalue weighted by molar-refractivity contribution is 0.0600. The van der Waals surface area contributed by atoms with Crippen molar-refractivity contribution in [2.24, 2.45) is 0 Å². The molecule has 1 amide bonds. The summed E-state index contributed by atoms with van der Waals surface area (Å²) in [6.07, 6.45) is 0. The number of nitrogens with one attached hydrogen (secondary N) is 1. The van der Waals surface area contributed by atoms with Crippen molar-refractivity contribution >= 4 is 17.6 Å². The summed E-state index contributed by atoms with van der Waals surface area (Å²) in [5.41, 5.74) is 2.20. The van der Waals surface area contributed by atoms with Crippen LogP contribution in [-0.4, -0.2) is 33.2 Å². The Labute approximate surface area is 140 Å². The van der Waals surface area contributed by atoms with Gasteiger partial charge in [-0.1, -0.05) is 0 Å². The topological polar surface area (TPSA) is 73.9 Å². The molecule has 0 aliphatic carbocycles. The molecule has 0 unspecified atom stereocenters. The van der Waals surface area contributed by atoms with Gasteiger partial charge >= 0.3 is 5.97 Å². The van der Waals surface area contributed by atoms with Gasteiger partial charge in [-0.3, -0.25) is 4.79 Å². The third-order valence-electron chi connectivity index (χ3n) is 3.58. The molecule has 0 fully saturated rings. The molecule has 126 valence electrons. The van der Waals surface area contributed by atoms with Crippen molar-refractivity contribution in [3.8, 4) is 11.5 Å². The number of carbonyl (C=O) groups excluding carboxylic acids is 2. The Bertz CT molecular complexity index is 727. The minimum atomic E-state index is -0.430. The molecule has 0 atom stereocenters. The van der Waals surface area contributed by atoms with Gasteiger partial charge in [0.25, 0.3) is 5.91 Å². The molecule has 0 saturated heterocycles. The van der Waals surface area contributed by atoms with Crippen LogP contribution in [0, 0.1) is 6.92 Å². The van der Waals surface area contributed by atoms with E-state index in [1.807, 2.05) is 6.92 Å². The number of rotatable bonds is 5. The predicted octanol–water partition coefficient (Wildman–Crippen LogP) is 3.05. The Balaban J connectivity index is 2.22. The van der Waals surface area contributed by atoms with Gasteiger partial charge in [0.1, 0.15) is 11.5 Å². The normalized spacial score (nSPS) is 10.0. The smallest absolute Gasteiger partial charge is 0.337 e. The van der Waals surface area contributed by atoms with E-state index in [4.69, 9.17) is 9.47 Å². The molecular weight excluding hydrogens is 310 g/mol. The van der Waals surface area contributed by atoms with Crippen LogP contribution >= 0.6 is 0 Å². The maximum Gasteiger partial charge on any atom is 0.337 e.